The molecule has 0 aliphatic carbocycles. The number of hydrogen-bond acceptors (Lipinski definition) is 6. The van der Waals surface area contributed by atoms with Crippen LogP contribution in [0.5, 0.6) is 0 Å². The fraction of sp³-hybridized carbons (Fsp3) is 0.0667. The van der Waals surface area contributed by atoms with E-state index in [0.29, 0.717) is 27.1 Å². The van der Waals surface area contributed by atoms with E-state index >= 15 is 0 Å². The molecule has 0 saturated carbocycles. The van der Waals surface area contributed by atoms with Gasteiger partial charge < -0.3 is 5.73 Å². The van der Waals surface area contributed by atoms with Crippen molar-refractivity contribution in [3.63, 3.8) is 0 Å². The zero-order valence-electron chi connectivity index (χ0n) is 12.1. The summed E-state index contributed by atoms with van der Waals surface area (Å²) in [4.78, 5) is 21.8. The topological polar surface area (TPSA) is 102 Å². The molecule has 0 saturated heterocycles. The Balaban J connectivity index is 2.26. The molecule has 0 aliphatic rings. The van der Waals surface area contributed by atoms with Crippen molar-refractivity contribution >= 4 is 39.5 Å². The minimum Gasteiger partial charge on any atom is -0.383 e. The number of hydrogen-bond donors (Lipinski definition) is 2. The summed E-state index contributed by atoms with van der Waals surface area (Å²) in [5.74, 6) is 0.241. The van der Waals surface area contributed by atoms with Crippen LogP contribution in [0.4, 0.5) is 5.82 Å². The van der Waals surface area contributed by atoms with Gasteiger partial charge in [0.25, 0.3) is 5.56 Å². The molecule has 4 rings (SSSR count). The number of anilines is 1. The summed E-state index contributed by atoms with van der Waals surface area (Å²) < 4.78 is 1.55. The SMILES string of the molecule is CSc1ncc2c3n[nH]c(N)c3c(=O)n(-c3ccccc3)c2n1. The van der Waals surface area contributed by atoms with Crippen molar-refractivity contribution in [2.45, 2.75) is 5.16 Å². The summed E-state index contributed by atoms with van der Waals surface area (Å²) in [5, 5.41) is 8.43. The molecule has 114 valence electrons. The van der Waals surface area contributed by atoms with Crippen molar-refractivity contribution < 1.29 is 0 Å². The maximum absolute atomic E-state index is 13.0. The number of nitrogens with zero attached hydrogens (tertiary/aromatic N) is 4. The number of benzene rings is 1. The minimum absolute atomic E-state index is 0.241. The molecule has 3 heterocycles. The molecule has 3 aromatic heterocycles. The van der Waals surface area contributed by atoms with Crippen LogP contribution in [0.3, 0.4) is 0 Å². The summed E-state index contributed by atoms with van der Waals surface area (Å²) >= 11 is 1.41. The van der Waals surface area contributed by atoms with Crippen molar-refractivity contribution in [3.8, 4) is 5.69 Å². The lowest BCUT2D eigenvalue weighted by Crippen LogP contribution is -2.20. The number of aromatic amines is 1. The van der Waals surface area contributed by atoms with Gasteiger partial charge in [-0.3, -0.25) is 14.5 Å². The Kier molecular flexibility index (Phi) is 3.05. The predicted octanol–water partition coefficient (Wildman–Crippen LogP) is 1.96. The summed E-state index contributed by atoms with van der Waals surface area (Å²) in [6.07, 6.45) is 3.56. The molecule has 0 aliphatic heterocycles. The average Bonchev–Trinajstić information content (AvgIpc) is 2.98. The number of nitrogens with one attached hydrogen (secondary N) is 1. The summed E-state index contributed by atoms with van der Waals surface area (Å²) in [6.45, 7) is 0. The van der Waals surface area contributed by atoms with E-state index < -0.39 is 0 Å². The Bertz CT molecular complexity index is 1090. The molecular weight excluding hydrogens is 312 g/mol. The van der Waals surface area contributed by atoms with Crippen molar-refractivity contribution in [1.29, 1.82) is 0 Å². The van der Waals surface area contributed by atoms with Crippen LogP contribution in [0.15, 0.2) is 46.5 Å². The second-order valence-corrected chi connectivity index (χ2v) is 5.70. The quantitative estimate of drug-likeness (QED) is 0.431. The van der Waals surface area contributed by atoms with E-state index in [0.717, 1.165) is 5.69 Å². The van der Waals surface area contributed by atoms with Crippen LogP contribution in [0.25, 0.3) is 27.6 Å². The van der Waals surface area contributed by atoms with E-state index in [-0.39, 0.29) is 11.4 Å². The lowest BCUT2D eigenvalue weighted by atomic mass is 10.2. The lowest BCUT2D eigenvalue weighted by molar-refractivity contribution is 0.945. The van der Waals surface area contributed by atoms with Gasteiger partial charge in [0, 0.05) is 6.20 Å². The highest BCUT2D eigenvalue weighted by Gasteiger charge is 2.18. The fourth-order valence-electron chi connectivity index (χ4n) is 2.58. The highest BCUT2D eigenvalue weighted by molar-refractivity contribution is 7.98. The van der Waals surface area contributed by atoms with E-state index in [1.165, 1.54) is 11.8 Å². The number of aromatic nitrogens is 5. The molecule has 7 nitrogen and oxygen atoms in total. The molecule has 0 amide bonds. The average molecular weight is 324 g/mol. The molecule has 23 heavy (non-hydrogen) atoms. The Labute approximate surface area is 134 Å². The van der Waals surface area contributed by atoms with Gasteiger partial charge >= 0.3 is 0 Å². The number of rotatable bonds is 2. The number of nitrogen functional groups attached to an aromatic ring is 1. The number of fused-ring (bicyclic) bond motifs is 3. The molecule has 0 atom stereocenters. The van der Waals surface area contributed by atoms with Gasteiger partial charge in [0.2, 0.25) is 0 Å². The summed E-state index contributed by atoms with van der Waals surface area (Å²) in [7, 11) is 0. The van der Waals surface area contributed by atoms with Crippen LogP contribution >= 0.6 is 11.8 Å². The van der Waals surface area contributed by atoms with Gasteiger partial charge in [-0.15, -0.1) is 0 Å². The zero-order chi connectivity index (χ0) is 16.0. The first-order valence-electron chi connectivity index (χ1n) is 6.85. The van der Waals surface area contributed by atoms with E-state index in [9.17, 15) is 4.79 Å². The number of pyridine rings is 1. The third-order valence-corrected chi connectivity index (χ3v) is 4.18. The molecule has 3 N–H and O–H groups in total. The summed E-state index contributed by atoms with van der Waals surface area (Å²) in [6, 6.07) is 9.33. The third-order valence-electron chi connectivity index (χ3n) is 3.62. The Hall–Kier alpha value is -2.87. The molecular formula is C15H12N6OS. The molecule has 0 unspecified atom stereocenters. The van der Waals surface area contributed by atoms with Gasteiger partial charge in [-0.25, -0.2) is 9.97 Å². The van der Waals surface area contributed by atoms with Gasteiger partial charge in [0.15, 0.2) is 10.8 Å². The second-order valence-electron chi connectivity index (χ2n) is 4.93. The Morgan fingerprint density at radius 1 is 1.26 bits per heavy atom. The van der Waals surface area contributed by atoms with E-state index in [1.807, 2.05) is 36.6 Å². The molecule has 1 aromatic carbocycles. The third kappa shape index (κ3) is 1.99. The number of H-pyrrole nitrogens is 1. The molecule has 0 radical (unpaired) electrons. The highest BCUT2D eigenvalue weighted by atomic mass is 32.2. The molecule has 0 bridgehead atoms. The predicted molar refractivity (Wildman–Crippen MR) is 91.0 cm³/mol. The Morgan fingerprint density at radius 2 is 2.04 bits per heavy atom. The lowest BCUT2D eigenvalue weighted by Gasteiger charge is -2.10. The maximum Gasteiger partial charge on any atom is 0.270 e. The van der Waals surface area contributed by atoms with Crippen LogP contribution in [0.2, 0.25) is 0 Å². The first-order valence-corrected chi connectivity index (χ1v) is 8.08. The van der Waals surface area contributed by atoms with Gasteiger partial charge in [-0.2, -0.15) is 5.10 Å². The van der Waals surface area contributed by atoms with Crippen molar-refractivity contribution in [3.05, 3.63) is 46.9 Å². The van der Waals surface area contributed by atoms with E-state index in [2.05, 4.69) is 20.2 Å². The largest absolute Gasteiger partial charge is 0.383 e. The van der Waals surface area contributed by atoms with Gasteiger partial charge in [-0.05, 0) is 18.4 Å². The standard InChI is InChI=1S/C15H12N6OS/c1-23-15-17-7-9-11-10(12(16)20-19-11)14(22)21(13(9)18-15)8-5-3-2-4-6-8/h2-7H,1H3,(H3,16,19,20). The highest BCUT2D eigenvalue weighted by Crippen LogP contribution is 2.25. The van der Waals surface area contributed by atoms with Crippen LogP contribution in [-0.4, -0.2) is 31.0 Å². The van der Waals surface area contributed by atoms with E-state index in [1.54, 1.807) is 10.8 Å². The fourth-order valence-corrected chi connectivity index (χ4v) is 2.92. The first-order chi connectivity index (χ1) is 11.2. The summed E-state index contributed by atoms with van der Waals surface area (Å²) in [5.41, 5.74) is 7.36. The molecule has 0 spiro atoms. The number of nitrogens with two attached hydrogens (primary N) is 1. The molecule has 4 aromatic rings. The smallest absolute Gasteiger partial charge is 0.270 e. The van der Waals surface area contributed by atoms with Crippen LogP contribution in [-0.2, 0) is 0 Å². The van der Waals surface area contributed by atoms with Crippen LogP contribution in [0, 0.1) is 0 Å². The zero-order valence-corrected chi connectivity index (χ0v) is 13.0. The molecule has 0 fully saturated rings. The maximum atomic E-state index is 13.0. The normalized spacial score (nSPS) is 11.3. The monoisotopic (exact) mass is 324 g/mol. The van der Waals surface area contributed by atoms with E-state index in [4.69, 9.17) is 5.73 Å². The minimum atomic E-state index is -0.254. The van der Waals surface area contributed by atoms with Crippen molar-refractivity contribution in [1.82, 2.24) is 24.7 Å². The van der Waals surface area contributed by atoms with Crippen molar-refractivity contribution in [2.75, 3.05) is 12.0 Å². The Morgan fingerprint density at radius 3 is 2.78 bits per heavy atom. The second kappa shape index (κ2) is 5.10. The van der Waals surface area contributed by atoms with Crippen molar-refractivity contribution in [2.24, 2.45) is 0 Å². The van der Waals surface area contributed by atoms with Gasteiger partial charge in [0.05, 0.1) is 11.1 Å². The molecule has 8 heteroatoms. The van der Waals surface area contributed by atoms with Gasteiger partial charge in [-0.1, -0.05) is 30.0 Å². The first kappa shape index (κ1) is 13.8. The number of para-hydroxylation sites is 1. The number of thioether (sulfide) groups is 1. The van der Waals surface area contributed by atoms with Gasteiger partial charge in [0.1, 0.15) is 16.7 Å². The van der Waals surface area contributed by atoms with Crippen LogP contribution < -0.4 is 11.3 Å². The van der Waals surface area contributed by atoms with Crippen LogP contribution in [0.1, 0.15) is 0 Å².